The second-order valence-electron chi connectivity index (χ2n) is 10.2. The third kappa shape index (κ3) is 6.21. The van der Waals surface area contributed by atoms with Gasteiger partial charge in [0, 0.05) is 37.7 Å². The average Bonchev–Trinajstić information content (AvgIpc) is 3.68. The Labute approximate surface area is 240 Å². The third-order valence-electron chi connectivity index (χ3n) is 7.52. The summed E-state index contributed by atoms with van der Waals surface area (Å²) in [4.78, 5) is 31.8. The van der Waals surface area contributed by atoms with Gasteiger partial charge in [0.05, 0.1) is 43.9 Å². The number of aromatic nitrogens is 2. The van der Waals surface area contributed by atoms with Crippen LogP contribution in [0.1, 0.15) is 24.4 Å². The van der Waals surface area contributed by atoms with Crippen LogP contribution in [-0.4, -0.2) is 74.8 Å². The average molecular weight is 560 g/mol. The minimum atomic E-state index is -0.287. The molecule has 11 nitrogen and oxygen atoms in total. The zero-order chi connectivity index (χ0) is 28.9. The van der Waals surface area contributed by atoms with Crippen LogP contribution in [0.4, 0.5) is 28.7 Å². The summed E-state index contributed by atoms with van der Waals surface area (Å²) in [5.41, 5.74) is 3.28. The second kappa shape index (κ2) is 12.4. The van der Waals surface area contributed by atoms with Gasteiger partial charge in [-0.25, -0.2) is 15.0 Å². The van der Waals surface area contributed by atoms with E-state index in [4.69, 9.17) is 14.3 Å². The molecule has 2 unspecified atom stereocenters. The summed E-state index contributed by atoms with van der Waals surface area (Å²) in [6.45, 7) is 5.90. The Hall–Kier alpha value is -4.35. The van der Waals surface area contributed by atoms with Crippen LogP contribution in [0.15, 0.2) is 61.4 Å². The van der Waals surface area contributed by atoms with Gasteiger partial charge in [-0.1, -0.05) is 18.7 Å². The Balaban J connectivity index is 1.43. The Kier molecular flexibility index (Phi) is 8.55. The molecule has 2 aliphatic heterocycles. The van der Waals surface area contributed by atoms with Crippen molar-refractivity contribution in [2.75, 3.05) is 68.6 Å². The van der Waals surface area contributed by atoms with Gasteiger partial charge in [-0.3, -0.25) is 9.63 Å². The first-order chi connectivity index (χ1) is 19.9. The van der Waals surface area contributed by atoms with Crippen LogP contribution >= 0.6 is 0 Å². The van der Waals surface area contributed by atoms with Crippen molar-refractivity contribution in [2.45, 2.75) is 24.9 Å². The van der Waals surface area contributed by atoms with Crippen molar-refractivity contribution < 1.29 is 19.1 Å². The van der Waals surface area contributed by atoms with Crippen LogP contribution in [0.2, 0.25) is 0 Å². The van der Waals surface area contributed by atoms with Crippen molar-refractivity contribution in [3.05, 3.63) is 67.0 Å². The fourth-order valence-electron chi connectivity index (χ4n) is 5.28. The monoisotopic (exact) mass is 559 g/mol. The van der Waals surface area contributed by atoms with Crippen LogP contribution in [0, 0.1) is 0 Å². The molecule has 11 heteroatoms. The van der Waals surface area contributed by atoms with Gasteiger partial charge in [-0.2, -0.15) is 0 Å². The van der Waals surface area contributed by atoms with E-state index in [1.165, 1.54) is 12.4 Å². The molecule has 5 rings (SSSR count). The van der Waals surface area contributed by atoms with Crippen molar-refractivity contribution in [3.63, 3.8) is 0 Å². The Morgan fingerprint density at radius 2 is 1.98 bits per heavy atom. The number of likely N-dealkylation sites (N-methyl/N-ethyl adjacent to an activating group) is 1. The summed E-state index contributed by atoms with van der Waals surface area (Å²) < 4.78 is 11.2. The summed E-state index contributed by atoms with van der Waals surface area (Å²) in [5.74, 6) is 2.30. The van der Waals surface area contributed by atoms with E-state index < -0.39 is 0 Å². The summed E-state index contributed by atoms with van der Waals surface area (Å²) in [6.07, 6.45) is 4.60. The highest BCUT2D eigenvalue weighted by molar-refractivity contribution is 6.02. The van der Waals surface area contributed by atoms with Gasteiger partial charge in [0.25, 0.3) is 0 Å². The first-order valence-corrected chi connectivity index (χ1v) is 13.6. The maximum absolute atomic E-state index is 12.4. The van der Waals surface area contributed by atoms with E-state index in [1.807, 2.05) is 41.5 Å². The number of rotatable bonds is 10. The molecule has 2 aromatic carbocycles. The van der Waals surface area contributed by atoms with Crippen molar-refractivity contribution in [2.24, 2.45) is 0 Å². The second-order valence-corrected chi connectivity index (χ2v) is 10.2. The molecule has 2 saturated heterocycles. The number of nitrogens with zero attached hydrogens (tertiary/aromatic N) is 5. The molecule has 1 aromatic heterocycles. The summed E-state index contributed by atoms with van der Waals surface area (Å²) in [6, 6.07) is 14.0. The lowest BCUT2D eigenvalue weighted by atomic mass is 10.0. The predicted octanol–water partition coefficient (Wildman–Crippen LogP) is 4.39. The number of carbonyl (C=O) groups excluding carboxylic acids is 1. The van der Waals surface area contributed by atoms with E-state index in [1.54, 1.807) is 14.2 Å². The fraction of sp³-hybridized carbons (Fsp3) is 0.367. The quantitative estimate of drug-likeness (QED) is 0.348. The van der Waals surface area contributed by atoms with Crippen LogP contribution in [-0.2, 0) is 9.63 Å². The zero-order valence-electron chi connectivity index (χ0n) is 24.0. The number of nitrogens with one attached hydrogen (secondary N) is 2. The third-order valence-corrected chi connectivity index (χ3v) is 7.52. The van der Waals surface area contributed by atoms with E-state index in [0.29, 0.717) is 41.4 Å². The SMILES string of the molecule is C=CC(=O)Nc1cc(Nc2cc(N3OCCC3c3cccc(OC)c3)ncn2)c(OC)cc1N1CCC(N(C)C)C1. The van der Waals surface area contributed by atoms with Gasteiger partial charge >= 0.3 is 0 Å². The molecule has 2 aliphatic rings. The van der Waals surface area contributed by atoms with Gasteiger partial charge < -0.3 is 29.9 Å². The van der Waals surface area contributed by atoms with E-state index in [-0.39, 0.29) is 11.9 Å². The Morgan fingerprint density at radius 1 is 1.12 bits per heavy atom. The van der Waals surface area contributed by atoms with E-state index in [0.717, 1.165) is 42.9 Å². The van der Waals surface area contributed by atoms with Crippen molar-refractivity contribution in [1.82, 2.24) is 14.9 Å². The number of methoxy groups -OCH3 is 2. The maximum atomic E-state index is 12.4. The smallest absolute Gasteiger partial charge is 0.247 e. The normalized spacial score (nSPS) is 18.5. The van der Waals surface area contributed by atoms with Gasteiger partial charge in [-0.05, 0) is 50.4 Å². The van der Waals surface area contributed by atoms with Gasteiger partial charge in [-0.15, -0.1) is 0 Å². The largest absolute Gasteiger partial charge is 0.497 e. The summed E-state index contributed by atoms with van der Waals surface area (Å²) in [5, 5.41) is 8.14. The minimum Gasteiger partial charge on any atom is -0.497 e. The summed E-state index contributed by atoms with van der Waals surface area (Å²) >= 11 is 0. The standard InChI is InChI=1S/C30H37N7O4/c1-6-30(38)34-23-15-24(27(40-5)16-26(23)36-12-10-21(18-36)35(2)3)33-28-17-29(32-19-31-28)37-25(11-13-41-37)20-8-7-9-22(14-20)39-4/h6-9,14-17,19,21,25H,1,10-13,18H2,2-5H3,(H,34,38)(H,31,32,33). The molecular weight excluding hydrogens is 522 g/mol. The van der Waals surface area contributed by atoms with Crippen molar-refractivity contribution >= 4 is 34.6 Å². The highest BCUT2D eigenvalue weighted by atomic mass is 16.7. The number of hydrogen-bond donors (Lipinski definition) is 2. The molecule has 0 spiro atoms. The maximum Gasteiger partial charge on any atom is 0.247 e. The first kappa shape index (κ1) is 28.2. The number of carbonyl (C=O) groups is 1. The molecule has 0 radical (unpaired) electrons. The van der Waals surface area contributed by atoms with Crippen molar-refractivity contribution in [1.29, 1.82) is 0 Å². The number of ether oxygens (including phenoxy) is 2. The molecule has 2 N–H and O–H groups in total. The lowest BCUT2D eigenvalue weighted by molar-refractivity contribution is -0.111. The molecule has 2 fully saturated rings. The first-order valence-electron chi connectivity index (χ1n) is 13.6. The van der Waals surface area contributed by atoms with Crippen LogP contribution < -0.4 is 30.1 Å². The zero-order valence-corrected chi connectivity index (χ0v) is 24.0. The van der Waals surface area contributed by atoms with Crippen LogP contribution in [0.5, 0.6) is 11.5 Å². The minimum absolute atomic E-state index is 0.0196. The number of hydroxylamine groups is 1. The molecule has 41 heavy (non-hydrogen) atoms. The highest BCUT2D eigenvalue weighted by Gasteiger charge is 2.30. The van der Waals surface area contributed by atoms with Gasteiger partial charge in [0.1, 0.15) is 23.6 Å². The molecule has 2 atom stereocenters. The van der Waals surface area contributed by atoms with Crippen LogP contribution in [0.25, 0.3) is 0 Å². The number of benzene rings is 2. The molecule has 0 bridgehead atoms. The van der Waals surface area contributed by atoms with E-state index >= 15 is 0 Å². The molecule has 1 amide bonds. The lowest BCUT2D eigenvalue weighted by Crippen LogP contribution is -2.31. The van der Waals surface area contributed by atoms with Gasteiger partial charge in [0.15, 0.2) is 5.82 Å². The number of amides is 1. The Morgan fingerprint density at radius 3 is 2.71 bits per heavy atom. The predicted molar refractivity (Wildman–Crippen MR) is 160 cm³/mol. The molecular formula is C30H37N7O4. The van der Waals surface area contributed by atoms with Crippen molar-refractivity contribution in [3.8, 4) is 11.5 Å². The van der Waals surface area contributed by atoms with Gasteiger partial charge in [0.2, 0.25) is 5.91 Å². The van der Waals surface area contributed by atoms with E-state index in [2.05, 4.69) is 57.1 Å². The highest BCUT2D eigenvalue weighted by Crippen LogP contribution is 2.41. The van der Waals surface area contributed by atoms with E-state index in [9.17, 15) is 4.79 Å². The summed E-state index contributed by atoms with van der Waals surface area (Å²) in [7, 11) is 7.46. The molecule has 3 heterocycles. The molecule has 0 aliphatic carbocycles. The number of hydrogen-bond acceptors (Lipinski definition) is 10. The molecule has 0 saturated carbocycles. The number of anilines is 5. The molecule has 216 valence electrons. The topological polar surface area (TPSA) is 104 Å². The fourth-order valence-corrected chi connectivity index (χ4v) is 5.28. The van der Waals surface area contributed by atoms with Crippen LogP contribution in [0.3, 0.4) is 0 Å². The molecule has 3 aromatic rings. The Bertz CT molecular complexity index is 1400. The lowest BCUT2D eigenvalue weighted by Gasteiger charge is -2.26.